The molecule has 0 amide bonds. The van der Waals surface area contributed by atoms with Crippen molar-refractivity contribution in [2.45, 2.75) is 37.9 Å². The second-order valence-electron chi connectivity index (χ2n) is 7.53. The third-order valence-corrected chi connectivity index (χ3v) is 5.08. The smallest absolute Gasteiger partial charge is 0.339 e. The molecule has 2 aromatic rings. The molecule has 1 aliphatic rings. The first kappa shape index (κ1) is 22.0. The molecular weight excluding hydrogens is 406 g/mol. The van der Waals surface area contributed by atoms with Gasteiger partial charge in [-0.2, -0.15) is 0 Å². The number of anilines is 1. The maximum Gasteiger partial charge on any atom is 0.339 e. The maximum absolute atomic E-state index is 12.7. The molecule has 1 saturated carbocycles. The molecule has 0 aliphatic heterocycles. The summed E-state index contributed by atoms with van der Waals surface area (Å²) in [6, 6.07) is 10.3. The van der Waals surface area contributed by atoms with Crippen molar-refractivity contribution in [2.24, 2.45) is 0 Å². The Morgan fingerprint density at radius 2 is 1.58 bits per heavy atom. The lowest BCUT2D eigenvalue weighted by molar-refractivity contribution is -0.394. The lowest BCUT2D eigenvalue weighted by atomic mass is 9.94. The van der Waals surface area contributed by atoms with Crippen molar-refractivity contribution >= 4 is 23.0 Å². The van der Waals surface area contributed by atoms with Gasteiger partial charge in [0.2, 0.25) is 0 Å². The van der Waals surface area contributed by atoms with Gasteiger partial charge in [-0.3, -0.25) is 20.2 Å². The third-order valence-electron chi connectivity index (χ3n) is 5.08. The molecule has 1 fully saturated rings. The highest BCUT2D eigenvalue weighted by Gasteiger charge is 2.31. The van der Waals surface area contributed by atoms with Crippen molar-refractivity contribution in [1.29, 1.82) is 0 Å². The Kier molecular flexibility index (Phi) is 6.68. The van der Waals surface area contributed by atoms with E-state index in [0.717, 1.165) is 36.7 Å². The zero-order valence-electron chi connectivity index (χ0n) is 17.2. The van der Waals surface area contributed by atoms with E-state index in [4.69, 9.17) is 9.47 Å². The highest BCUT2D eigenvalue weighted by Crippen LogP contribution is 2.29. The first-order chi connectivity index (χ1) is 14.7. The second kappa shape index (κ2) is 9.41. The molecule has 0 radical (unpaired) electrons. The van der Waals surface area contributed by atoms with Crippen LogP contribution in [0.25, 0.3) is 0 Å². The van der Waals surface area contributed by atoms with E-state index >= 15 is 0 Å². The molecule has 31 heavy (non-hydrogen) atoms. The van der Waals surface area contributed by atoms with E-state index in [1.54, 1.807) is 0 Å². The van der Waals surface area contributed by atoms with E-state index in [1.807, 2.05) is 43.3 Å². The van der Waals surface area contributed by atoms with E-state index in [2.05, 4.69) is 0 Å². The van der Waals surface area contributed by atoms with Crippen molar-refractivity contribution in [1.82, 2.24) is 0 Å². The molecule has 0 spiro atoms. The van der Waals surface area contributed by atoms with Gasteiger partial charge in [0.15, 0.2) is 0 Å². The maximum atomic E-state index is 12.7. The van der Waals surface area contributed by atoms with Gasteiger partial charge in [-0.15, -0.1) is 0 Å². The normalized spacial score (nSPS) is 18.1. The summed E-state index contributed by atoms with van der Waals surface area (Å²) in [4.78, 5) is 35.2. The van der Waals surface area contributed by atoms with Crippen molar-refractivity contribution in [3.05, 3.63) is 68.3 Å². The molecule has 0 bridgehead atoms. The van der Waals surface area contributed by atoms with Crippen molar-refractivity contribution in [2.75, 3.05) is 19.0 Å². The molecule has 10 nitrogen and oxygen atoms in total. The van der Waals surface area contributed by atoms with Crippen LogP contribution in [-0.4, -0.2) is 42.1 Å². The Bertz CT molecular complexity index is 960. The first-order valence-corrected chi connectivity index (χ1v) is 9.83. The number of esters is 1. The summed E-state index contributed by atoms with van der Waals surface area (Å²) in [5, 5.41) is 22.2. The fraction of sp³-hybridized carbons (Fsp3) is 0.381. The number of nitro groups is 2. The van der Waals surface area contributed by atoms with Crippen LogP contribution in [0.5, 0.6) is 5.75 Å². The average Bonchev–Trinajstić information content (AvgIpc) is 2.74. The van der Waals surface area contributed by atoms with Crippen LogP contribution in [0.4, 0.5) is 17.1 Å². The van der Waals surface area contributed by atoms with Gasteiger partial charge in [-0.05, 0) is 37.8 Å². The zero-order valence-corrected chi connectivity index (χ0v) is 17.2. The van der Waals surface area contributed by atoms with Gasteiger partial charge in [0.25, 0.3) is 11.4 Å². The van der Waals surface area contributed by atoms with Crippen LogP contribution >= 0.6 is 0 Å². The van der Waals surface area contributed by atoms with Crippen molar-refractivity contribution < 1.29 is 24.1 Å². The molecule has 10 heteroatoms. The fourth-order valence-corrected chi connectivity index (χ4v) is 3.47. The van der Waals surface area contributed by atoms with Crippen molar-refractivity contribution in [3.63, 3.8) is 0 Å². The highest BCUT2D eigenvalue weighted by atomic mass is 16.6. The fourth-order valence-electron chi connectivity index (χ4n) is 3.47. The number of ether oxygens (including phenoxy) is 2. The first-order valence-electron chi connectivity index (χ1n) is 9.83. The highest BCUT2D eigenvalue weighted by molar-refractivity contribution is 5.91. The molecule has 0 heterocycles. The number of carbonyl (C=O) groups is 1. The Morgan fingerprint density at radius 1 is 0.968 bits per heavy atom. The lowest BCUT2D eigenvalue weighted by Gasteiger charge is -2.31. The quantitative estimate of drug-likeness (QED) is 0.366. The minimum Gasteiger partial charge on any atom is -0.486 e. The molecule has 0 aromatic heterocycles. The van der Waals surface area contributed by atoms with Crippen LogP contribution in [0.15, 0.2) is 42.5 Å². The molecule has 0 saturated heterocycles. The monoisotopic (exact) mass is 429 g/mol. The van der Waals surface area contributed by atoms with Crippen LogP contribution in [0, 0.1) is 20.2 Å². The molecule has 0 N–H and O–H groups in total. The van der Waals surface area contributed by atoms with Crippen LogP contribution in [0.1, 0.15) is 36.0 Å². The largest absolute Gasteiger partial charge is 0.486 e. The van der Waals surface area contributed by atoms with Gasteiger partial charge >= 0.3 is 5.97 Å². The summed E-state index contributed by atoms with van der Waals surface area (Å²) < 4.78 is 11.7. The Morgan fingerprint density at radius 3 is 2.16 bits per heavy atom. The minimum absolute atomic E-state index is 0.236. The van der Waals surface area contributed by atoms with E-state index < -0.39 is 33.3 Å². The molecule has 3 rings (SSSR count). The van der Waals surface area contributed by atoms with Crippen LogP contribution < -0.4 is 9.64 Å². The zero-order chi connectivity index (χ0) is 22.5. The molecule has 1 aliphatic carbocycles. The van der Waals surface area contributed by atoms with Gasteiger partial charge in [-0.25, -0.2) is 4.79 Å². The predicted octanol–water partition coefficient (Wildman–Crippen LogP) is 4.12. The number of non-ortho nitro benzene ring substituents is 2. The van der Waals surface area contributed by atoms with Crippen LogP contribution in [-0.2, 0) is 4.74 Å². The number of rotatable bonds is 7. The minimum atomic E-state index is -0.852. The summed E-state index contributed by atoms with van der Waals surface area (Å²) in [5.41, 5.74) is -0.359. The average molecular weight is 429 g/mol. The van der Waals surface area contributed by atoms with Gasteiger partial charge in [0.1, 0.15) is 18.0 Å². The topological polar surface area (TPSA) is 125 Å². The van der Waals surface area contributed by atoms with E-state index in [9.17, 15) is 25.0 Å². The molecule has 2 aromatic carbocycles. The SMILES string of the molecule is CN(C)c1cccc(O[C@H]2CCCC[C@@H]2OC(=O)c2cc([N+](=O)[O-])cc([N+](=O)[O-])c2)c1. The lowest BCUT2D eigenvalue weighted by Crippen LogP contribution is -2.38. The Labute approximate surface area is 178 Å². The van der Waals surface area contributed by atoms with Crippen LogP contribution in [0.3, 0.4) is 0 Å². The Hall–Kier alpha value is -3.69. The molecule has 164 valence electrons. The number of hydrogen-bond acceptors (Lipinski definition) is 8. The summed E-state index contributed by atoms with van der Waals surface area (Å²) in [7, 11) is 3.84. The summed E-state index contributed by atoms with van der Waals surface area (Å²) >= 11 is 0. The number of hydrogen-bond donors (Lipinski definition) is 0. The predicted molar refractivity (Wildman–Crippen MR) is 113 cm³/mol. The number of carbonyl (C=O) groups excluding carboxylic acids is 1. The molecule has 0 unspecified atom stereocenters. The second-order valence-corrected chi connectivity index (χ2v) is 7.53. The summed E-state index contributed by atoms with van der Waals surface area (Å²) in [5.74, 6) is -0.209. The van der Waals surface area contributed by atoms with E-state index in [1.165, 1.54) is 0 Å². The summed E-state index contributed by atoms with van der Waals surface area (Å²) in [6.45, 7) is 0. The molecule has 2 atom stereocenters. The van der Waals surface area contributed by atoms with E-state index in [-0.39, 0.29) is 11.7 Å². The van der Waals surface area contributed by atoms with Crippen LogP contribution in [0.2, 0.25) is 0 Å². The summed E-state index contributed by atoms with van der Waals surface area (Å²) in [6.07, 6.45) is 2.05. The number of benzene rings is 2. The van der Waals surface area contributed by atoms with Crippen molar-refractivity contribution in [3.8, 4) is 5.75 Å². The number of nitro benzene ring substituents is 2. The van der Waals surface area contributed by atoms with Gasteiger partial charge < -0.3 is 14.4 Å². The third kappa shape index (κ3) is 5.47. The van der Waals surface area contributed by atoms with E-state index in [0.29, 0.717) is 18.6 Å². The number of nitrogens with zero attached hydrogens (tertiary/aromatic N) is 3. The standard InChI is InChI=1S/C21H23N3O7/c1-22(2)15-6-5-7-18(13-15)30-19-8-3-4-9-20(19)31-21(25)14-10-16(23(26)27)12-17(11-14)24(28)29/h5-7,10-13,19-20H,3-4,8-9H2,1-2H3/t19-,20-/m0/s1. The van der Waals surface area contributed by atoms with Gasteiger partial charge in [-0.1, -0.05) is 6.07 Å². The van der Waals surface area contributed by atoms with Gasteiger partial charge in [0.05, 0.1) is 21.5 Å². The molecular formula is C21H23N3O7. The van der Waals surface area contributed by atoms with Gasteiger partial charge in [0, 0.05) is 38.0 Å². The Balaban J connectivity index is 1.78.